The van der Waals surface area contributed by atoms with Crippen molar-refractivity contribution in [2.45, 2.75) is 33.6 Å². The largest absolute Gasteiger partial charge is 0.494 e. The SMILES string of the molecule is CCNCCC(C)(C)Cc1ccc(OC)c(F)c1. The Morgan fingerprint density at radius 2 is 2.06 bits per heavy atom. The predicted octanol–water partition coefficient (Wildman–Crippen LogP) is 3.40. The van der Waals surface area contributed by atoms with E-state index in [2.05, 4.69) is 26.1 Å². The summed E-state index contributed by atoms with van der Waals surface area (Å²) in [6, 6.07) is 5.22. The second-order valence-corrected chi connectivity index (χ2v) is 5.41. The Balaban J connectivity index is 2.62. The van der Waals surface area contributed by atoms with Crippen LogP contribution >= 0.6 is 0 Å². The number of benzene rings is 1. The first-order valence-electron chi connectivity index (χ1n) is 6.51. The van der Waals surface area contributed by atoms with Crippen molar-refractivity contribution >= 4 is 0 Å². The van der Waals surface area contributed by atoms with Gasteiger partial charge in [0, 0.05) is 0 Å². The van der Waals surface area contributed by atoms with Crippen molar-refractivity contribution in [2.75, 3.05) is 20.2 Å². The van der Waals surface area contributed by atoms with Gasteiger partial charge in [-0.1, -0.05) is 26.8 Å². The Bertz CT molecular complexity index is 377. The molecule has 18 heavy (non-hydrogen) atoms. The smallest absolute Gasteiger partial charge is 0.165 e. The predicted molar refractivity (Wildman–Crippen MR) is 73.6 cm³/mol. The van der Waals surface area contributed by atoms with Crippen LogP contribution in [0.25, 0.3) is 0 Å². The molecule has 0 bridgehead atoms. The molecule has 0 heterocycles. The van der Waals surface area contributed by atoms with E-state index >= 15 is 0 Å². The summed E-state index contributed by atoms with van der Waals surface area (Å²) in [6.45, 7) is 8.53. The molecule has 1 aromatic carbocycles. The van der Waals surface area contributed by atoms with Crippen LogP contribution < -0.4 is 10.1 Å². The van der Waals surface area contributed by atoms with E-state index in [1.54, 1.807) is 12.1 Å². The summed E-state index contributed by atoms with van der Waals surface area (Å²) in [5.74, 6) is 0.0293. The number of halogens is 1. The summed E-state index contributed by atoms with van der Waals surface area (Å²) in [5, 5.41) is 3.33. The van der Waals surface area contributed by atoms with Crippen LogP contribution in [0, 0.1) is 11.2 Å². The molecule has 0 saturated heterocycles. The lowest BCUT2D eigenvalue weighted by Crippen LogP contribution is -2.23. The Morgan fingerprint density at radius 1 is 1.33 bits per heavy atom. The van der Waals surface area contributed by atoms with Gasteiger partial charge in [0.05, 0.1) is 7.11 Å². The maximum atomic E-state index is 13.6. The van der Waals surface area contributed by atoms with Gasteiger partial charge in [-0.2, -0.15) is 0 Å². The lowest BCUT2D eigenvalue weighted by molar-refractivity contribution is 0.325. The van der Waals surface area contributed by atoms with E-state index in [9.17, 15) is 4.39 Å². The third-order valence-electron chi connectivity index (χ3n) is 3.13. The van der Waals surface area contributed by atoms with Crippen molar-refractivity contribution in [3.8, 4) is 5.75 Å². The maximum absolute atomic E-state index is 13.6. The van der Waals surface area contributed by atoms with Crippen LogP contribution in [0.5, 0.6) is 5.75 Å². The zero-order valence-electron chi connectivity index (χ0n) is 11.8. The quantitative estimate of drug-likeness (QED) is 0.752. The van der Waals surface area contributed by atoms with Crippen molar-refractivity contribution in [3.05, 3.63) is 29.6 Å². The van der Waals surface area contributed by atoms with Crippen molar-refractivity contribution in [3.63, 3.8) is 0 Å². The molecule has 0 spiro atoms. The number of hydrogen-bond donors (Lipinski definition) is 1. The monoisotopic (exact) mass is 253 g/mol. The van der Waals surface area contributed by atoms with Crippen LogP contribution in [-0.2, 0) is 6.42 Å². The van der Waals surface area contributed by atoms with Crippen LogP contribution in [0.15, 0.2) is 18.2 Å². The minimum Gasteiger partial charge on any atom is -0.494 e. The third kappa shape index (κ3) is 4.65. The normalized spacial score (nSPS) is 11.6. The molecule has 0 aliphatic heterocycles. The highest BCUT2D eigenvalue weighted by atomic mass is 19.1. The first kappa shape index (κ1) is 15.0. The van der Waals surface area contributed by atoms with Crippen molar-refractivity contribution in [1.82, 2.24) is 5.32 Å². The van der Waals surface area contributed by atoms with Crippen LogP contribution in [0.4, 0.5) is 4.39 Å². The molecule has 0 aliphatic carbocycles. The third-order valence-corrected chi connectivity index (χ3v) is 3.13. The summed E-state index contributed by atoms with van der Waals surface area (Å²) in [4.78, 5) is 0. The Labute approximate surface area is 110 Å². The fourth-order valence-electron chi connectivity index (χ4n) is 2.06. The molecule has 0 amide bonds. The number of methoxy groups -OCH3 is 1. The molecule has 1 aromatic rings. The highest BCUT2D eigenvalue weighted by Gasteiger charge is 2.18. The van der Waals surface area contributed by atoms with E-state index in [1.165, 1.54) is 7.11 Å². The molecular formula is C15H24FNO. The average molecular weight is 253 g/mol. The molecule has 0 saturated carbocycles. The van der Waals surface area contributed by atoms with E-state index < -0.39 is 0 Å². The molecule has 102 valence electrons. The van der Waals surface area contributed by atoms with Crippen molar-refractivity contribution in [2.24, 2.45) is 5.41 Å². The van der Waals surface area contributed by atoms with Gasteiger partial charge in [0.15, 0.2) is 11.6 Å². The number of nitrogens with one attached hydrogen (secondary N) is 1. The minimum absolute atomic E-state index is 0.170. The van der Waals surface area contributed by atoms with Crippen LogP contribution in [0.3, 0.4) is 0 Å². The number of ether oxygens (including phenoxy) is 1. The molecule has 0 aliphatic rings. The van der Waals surface area contributed by atoms with Crippen molar-refractivity contribution in [1.29, 1.82) is 0 Å². The van der Waals surface area contributed by atoms with E-state index in [4.69, 9.17) is 4.74 Å². The summed E-state index contributed by atoms with van der Waals surface area (Å²) in [6.07, 6.45) is 1.95. The minimum atomic E-state index is -0.280. The molecule has 0 fully saturated rings. The van der Waals surface area contributed by atoms with Crippen LogP contribution in [0.1, 0.15) is 32.8 Å². The number of hydrogen-bond acceptors (Lipinski definition) is 2. The van der Waals surface area contributed by atoms with Crippen LogP contribution in [-0.4, -0.2) is 20.2 Å². The van der Waals surface area contributed by atoms with E-state index in [0.717, 1.165) is 31.5 Å². The van der Waals surface area contributed by atoms with Gasteiger partial charge in [-0.3, -0.25) is 0 Å². The van der Waals surface area contributed by atoms with E-state index in [-0.39, 0.29) is 11.2 Å². The maximum Gasteiger partial charge on any atom is 0.165 e. The lowest BCUT2D eigenvalue weighted by atomic mass is 9.82. The average Bonchev–Trinajstić information content (AvgIpc) is 2.29. The Kier molecular flexibility index (Phi) is 5.60. The second kappa shape index (κ2) is 6.74. The summed E-state index contributed by atoms with van der Waals surface area (Å²) in [5.41, 5.74) is 1.19. The van der Waals surface area contributed by atoms with Gasteiger partial charge in [0.1, 0.15) is 0 Å². The van der Waals surface area contributed by atoms with Crippen LogP contribution in [0.2, 0.25) is 0 Å². The van der Waals surface area contributed by atoms with Gasteiger partial charge in [-0.05, 0) is 49.0 Å². The lowest BCUT2D eigenvalue weighted by Gasteiger charge is -2.25. The Morgan fingerprint density at radius 3 is 2.61 bits per heavy atom. The molecule has 0 radical (unpaired) electrons. The fourth-order valence-corrected chi connectivity index (χ4v) is 2.06. The van der Waals surface area contributed by atoms with Gasteiger partial charge >= 0.3 is 0 Å². The molecule has 2 nitrogen and oxygen atoms in total. The molecule has 1 N–H and O–H groups in total. The molecule has 0 atom stereocenters. The molecule has 0 aromatic heterocycles. The molecule has 1 rings (SSSR count). The van der Waals surface area contributed by atoms with Crippen molar-refractivity contribution < 1.29 is 9.13 Å². The van der Waals surface area contributed by atoms with Gasteiger partial charge in [0.25, 0.3) is 0 Å². The summed E-state index contributed by atoms with van der Waals surface area (Å²) in [7, 11) is 1.48. The Hall–Kier alpha value is -1.09. The second-order valence-electron chi connectivity index (χ2n) is 5.41. The van der Waals surface area contributed by atoms with E-state index in [1.807, 2.05) is 6.07 Å². The highest BCUT2D eigenvalue weighted by Crippen LogP contribution is 2.27. The molecular weight excluding hydrogens is 229 g/mol. The topological polar surface area (TPSA) is 21.3 Å². The zero-order valence-corrected chi connectivity index (χ0v) is 11.8. The fraction of sp³-hybridized carbons (Fsp3) is 0.600. The molecule has 3 heteroatoms. The highest BCUT2D eigenvalue weighted by molar-refractivity contribution is 5.29. The standard InChI is InChI=1S/C15H24FNO/c1-5-17-9-8-15(2,3)11-12-6-7-14(18-4)13(16)10-12/h6-7,10,17H,5,8-9,11H2,1-4H3. The number of rotatable bonds is 7. The van der Waals surface area contributed by atoms with Gasteiger partial charge in [-0.25, -0.2) is 4.39 Å². The van der Waals surface area contributed by atoms with Gasteiger partial charge in [0.2, 0.25) is 0 Å². The zero-order chi connectivity index (χ0) is 13.6. The first-order valence-corrected chi connectivity index (χ1v) is 6.51. The van der Waals surface area contributed by atoms with Gasteiger partial charge < -0.3 is 10.1 Å². The summed E-state index contributed by atoms with van der Waals surface area (Å²) < 4.78 is 18.5. The van der Waals surface area contributed by atoms with Gasteiger partial charge in [-0.15, -0.1) is 0 Å². The molecule has 0 unspecified atom stereocenters. The van der Waals surface area contributed by atoms with E-state index in [0.29, 0.717) is 5.75 Å². The summed E-state index contributed by atoms with van der Waals surface area (Å²) >= 11 is 0. The first-order chi connectivity index (χ1) is 8.48.